The number of nitrogens with zero attached hydrogens (tertiary/aromatic N) is 1. The lowest BCUT2D eigenvalue weighted by molar-refractivity contribution is -0.884. The van der Waals surface area contributed by atoms with E-state index in [2.05, 4.69) is 37.5 Å². The minimum absolute atomic E-state index is 0.411. The minimum Gasteiger partial charge on any atom is -0.380 e. The highest BCUT2D eigenvalue weighted by molar-refractivity contribution is 6.11. The highest BCUT2D eigenvalue weighted by Gasteiger charge is 2.41. The molecule has 0 amide bonds. The molecule has 0 aliphatic heterocycles. The molecule has 3 radical (unpaired) electrons. The maximum Gasteiger partial charge on any atom is 0.218 e. The van der Waals surface area contributed by atoms with Crippen molar-refractivity contribution in [2.24, 2.45) is 0 Å². The number of ether oxygens (including phenoxy) is 3. The zero-order valence-corrected chi connectivity index (χ0v) is 14.3. The van der Waals surface area contributed by atoms with Gasteiger partial charge in [-0.15, -0.1) is 0 Å². The van der Waals surface area contributed by atoms with Crippen LogP contribution in [-0.4, -0.2) is 62.9 Å². The van der Waals surface area contributed by atoms with Crippen LogP contribution in [0.2, 0.25) is 0 Å². The summed E-state index contributed by atoms with van der Waals surface area (Å²) >= 11 is 0. The van der Waals surface area contributed by atoms with Gasteiger partial charge in [0.15, 0.2) is 0 Å². The van der Waals surface area contributed by atoms with Gasteiger partial charge in [-0.1, -0.05) is 24.3 Å². The largest absolute Gasteiger partial charge is 0.380 e. The maximum atomic E-state index is 5.68. The normalized spacial score (nSPS) is 14.3. The molecule has 5 heteroatoms. The molecule has 0 aromatic heterocycles. The average Bonchev–Trinajstić information content (AvgIpc) is 2.40. The lowest BCUT2D eigenvalue weighted by Crippen LogP contribution is -2.46. The Morgan fingerprint density at radius 2 is 1.65 bits per heavy atom. The molecule has 1 atom stereocenters. The zero-order valence-electron chi connectivity index (χ0n) is 13.3. The number of quaternary nitrogens is 1. The number of hydrogen-bond acceptors (Lipinski definition) is 3. The summed E-state index contributed by atoms with van der Waals surface area (Å²) in [5.41, 5.74) is 1.73. The molecule has 0 spiro atoms. The summed E-state index contributed by atoms with van der Waals surface area (Å²) in [6.45, 7) is 0.868. The Balaban J connectivity index is 3.34. The average molecular weight is 295 g/mol. The summed E-state index contributed by atoms with van der Waals surface area (Å²) in [6, 6.07) is 8.13. The molecular weight excluding hydrogens is 270 g/mol. The van der Waals surface area contributed by atoms with Crippen molar-refractivity contribution < 1.29 is 18.7 Å². The van der Waals surface area contributed by atoms with Crippen LogP contribution in [0.15, 0.2) is 24.3 Å². The van der Waals surface area contributed by atoms with Crippen molar-refractivity contribution in [1.82, 2.24) is 0 Å². The fourth-order valence-electron chi connectivity index (χ4n) is 2.32. The Morgan fingerprint density at radius 3 is 2.10 bits per heavy atom. The Hall–Kier alpha value is -0.723. The van der Waals surface area contributed by atoms with Crippen molar-refractivity contribution in [2.45, 2.75) is 18.1 Å². The summed E-state index contributed by atoms with van der Waals surface area (Å²) in [7, 11) is 14.9. The van der Waals surface area contributed by atoms with Crippen molar-refractivity contribution in [3.63, 3.8) is 0 Å². The van der Waals surface area contributed by atoms with Gasteiger partial charge in [-0.3, -0.25) is 0 Å². The van der Waals surface area contributed by atoms with Gasteiger partial charge in [0.25, 0.3) is 0 Å². The summed E-state index contributed by atoms with van der Waals surface area (Å²) in [6.07, 6.45) is 0. The molecule has 0 aliphatic rings. The summed E-state index contributed by atoms with van der Waals surface area (Å²) in [4.78, 5) is 0. The van der Waals surface area contributed by atoms with Crippen molar-refractivity contribution >= 4 is 10.2 Å². The minimum atomic E-state index is -0.975. The first kappa shape index (κ1) is 17.3. The van der Waals surface area contributed by atoms with Gasteiger partial charge in [-0.25, -0.2) is 0 Å². The van der Waals surface area contributed by atoms with Gasteiger partial charge < -0.3 is 18.7 Å². The topological polar surface area (TPSA) is 27.7 Å². The molecule has 1 aromatic carbocycles. The van der Waals surface area contributed by atoms with Gasteiger partial charge in [0.2, 0.25) is 5.79 Å². The lowest BCUT2D eigenvalue weighted by atomic mass is 9.98. The van der Waals surface area contributed by atoms with Crippen molar-refractivity contribution in [1.29, 1.82) is 0 Å². The van der Waals surface area contributed by atoms with Crippen molar-refractivity contribution in [3.05, 3.63) is 35.4 Å². The van der Waals surface area contributed by atoms with E-state index in [1.165, 1.54) is 5.56 Å². The Bertz CT molecular complexity index is 427. The molecule has 0 aliphatic carbocycles. The third-order valence-electron chi connectivity index (χ3n) is 3.22. The fraction of sp³-hybridized carbons (Fsp3) is 0.600. The van der Waals surface area contributed by atoms with Crippen molar-refractivity contribution in [2.75, 3.05) is 42.5 Å². The molecule has 111 valence electrons. The maximum absolute atomic E-state index is 5.68. The lowest BCUT2D eigenvalue weighted by Gasteiger charge is -2.38. The van der Waals surface area contributed by atoms with Gasteiger partial charge in [-0.05, 0) is 0 Å². The second-order valence-corrected chi connectivity index (χ2v) is 6.32. The quantitative estimate of drug-likeness (QED) is 0.433. The van der Waals surface area contributed by atoms with Gasteiger partial charge in [0.05, 0.1) is 37.1 Å². The van der Waals surface area contributed by atoms with E-state index in [4.69, 9.17) is 14.2 Å². The van der Waals surface area contributed by atoms with E-state index in [1.807, 2.05) is 18.2 Å². The summed E-state index contributed by atoms with van der Waals surface area (Å²) < 4.78 is 17.6. The first-order chi connectivity index (χ1) is 9.30. The molecule has 0 saturated carbocycles. The van der Waals surface area contributed by atoms with Crippen LogP contribution in [0.1, 0.15) is 11.1 Å². The van der Waals surface area contributed by atoms with Crippen LogP contribution >= 0.6 is 0 Å². The number of hydrogen-bond donors (Lipinski definition) is 0. The standard InChI is InChI=1S/C15H25NO3Si/c1-16(2,3)11-12-9-7-8-10-13(12)15(18-5,19-6)14(20)17-4/h7-10,14H,11H2,1-6H3/q+1. The molecule has 0 heterocycles. The first-order valence-electron chi connectivity index (χ1n) is 6.53. The monoisotopic (exact) mass is 295 g/mol. The number of rotatable bonds is 7. The Kier molecular flexibility index (Phi) is 5.91. The smallest absolute Gasteiger partial charge is 0.218 e. The van der Waals surface area contributed by atoms with E-state index >= 15 is 0 Å². The van der Waals surface area contributed by atoms with E-state index in [0.29, 0.717) is 0 Å². The molecule has 0 saturated heterocycles. The van der Waals surface area contributed by atoms with Gasteiger partial charge in [0.1, 0.15) is 6.54 Å². The molecule has 20 heavy (non-hydrogen) atoms. The molecule has 1 unspecified atom stereocenters. The van der Waals surface area contributed by atoms with Crippen LogP contribution < -0.4 is 0 Å². The van der Waals surface area contributed by atoms with E-state index in [-0.39, 0.29) is 0 Å². The predicted molar refractivity (Wildman–Crippen MR) is 80.4 cm³/mol. The van der Waals surface area contributed by atoms with Crippen LogP contribution in [0.25, 0.3) is 0 Å². The predicted octanol–water partition coefficient (Wildman–Crippen LogP) is 1.48. The van der Waals surface area contributed by atoms with E-state index in [9.17, 15) is 0 Å². The number of benzene rings is 1. The first-order valence-corrected chi connectivity index (χ1v) is 7.11. The fourth-order valence-corrected chi connectivity index (χ4v) is 2.71. The highest BCUT2D eigenvalue weighted by atomic mass is 28.1. The zero-order chi connectivity index (χ0) is 15.4. The van der Waals surface area contributed by atoms with Gasteiger partial charge in [0, 0.05) is 32.5 Å². The van der Waals surface area contributed by atoms with Crippen LogP contribution in [0.4, 0.5) is 0 Å². The third kappa shape index (κ3) is 3.68. The Morgan fingerprint density at radius 1 is 1.10 bits per heavy atom. The van der Waals surface area contributed by atoms with E-state index in [0.717, 1.165) is 16.6 Å². The molecule has 0 fully saturated rings. The van der Waals surface area contributed by atoms with E-state index < -0.39 is 11.5 Å². The Labute approximate surface area is 125 Å². The van der Waals surface area contributed by atoms with Gasteiger partial charge >= 0.3 is 0 Å². The SMILES string of the molecule is COC([Si])C(OC)(OC)c1ccccc1C[N+](C)(C)C. The third-order valence-corrected chi connectivity index (χ3v) is 3.84. The molecule has 0 N–H and O–H groups in total. The summed E-state index contributed by atoms with van der Waals surface area (Å²) in [5, 5.41) is 0. The van der Waals surface area contributed by atoms with Crippen LogP contribution in [0.5, 0.6) is 0 Å². The van der Waals surface area contributed by atoms with Crippen LogP contribution in [-0.2, 0) is 26.5 Å². The molecule has 1 rings (SSSR count). The molecular formula is C15H25NO3Si+. The van der Waals surface area contributed by atoms with E-state index in [1.54, 1.807) is 21.3 Å². The van der Waals surface area contributed by atoms with Gasteiger partial charge in [-0.2, -0.15) is 0 Å². The van der Waals surface area contributed by atoms with Crippen LogP contribution in [0, 0.1) is 0 Å². The molecule has 1 aromatic rings. The second-order valence-electron chi connectivity index (χ2n) is 5.80. The second kappa shape index (κ2) is 6.82. The number of methoxy groups -OCH3 is 3. The highest BCUT2D eigenvalue weighted by Crippen LogP contribution is 2.33. The summed E-state index contributed by atoms with van der Waals surface area (Å²) in [5.74, 6) is -0.975. The molecule has 4 nitrogen and oxygen atoms in total. The van der Waals surface area contributed by atoms with Crippen molar-refractivity contribution in [3.8, 4) is 0 Å². The van der Waals surface area contributed by atoms with Crippen LogP contribution in [0.3, 0.4) is 0 Å². The molecule has 0 bridgehead atoms.